The number of hydrogen-bond donors (Lipinski definition) is 7. The van der Waals surface area contributed by atoms with E-state index in [1.54, 1.807) is 6.08 Å². The highest BCUT2D eigenvalue weighted by molar-refractivity contribution is 5.80. The fourth-order valence-corrected chi connectivity index (χ4v) is 9.24. The lowest BCUT2D eigenvalue weighted by Gasteiger charge is -2.40. The van der Waals surface area contributed by atoms with Crippen molar-refractivity contribution in [3.63, 3.8) is 0 Å². The molecule has 0 bridgehead atoms. The molecule has 1 aliphatic rings. The van der Waals surface area contributed by atoms with Crippen molar-refractivity contribution in [1.29, 1.82) is 0 Å². The van der Waals surface area contributed by atoms with Crippen LogP contribution in [0.1, 0.15) is 271 Å². The van der Waals surface area contributed by atoms with Crippen molar-refractivity contribution in [3.05, 3.63) is 24.3 Å². The van der Waals surface area contributed by atoms with E-state index in [0.29, 0.717) is 12.8 Å². The minimum Gasteiger partial charge on any atom is -0.394 e. The Morgan fingerprint density at radius 1 is 0.507 bits per heavy atom. The third-order valence-electron chi connectivity index (χ3n) is 13.9. The first-order chi connectivity index (χ1) is 32.8. The molecule has 1 aliphatic heterocycles. The number of ether oxygens (including phenoxy) is 2. The van der Waals surface area contributed by atoms with Crippen molar-refractivity contribution in [2.75, 3.05) is 13.2 Å². The van der Waals surface area contributed by atoms with E-state index < -0.39 is 61.5 Å². The van der Waals surface area contributed by atoms with Crippen molar-refractivity contribution < 1.29 is 44.9 Å². The summed E-state index contributed by atoms with van der Waals surface area (Å²) in [6.45, 7) is 3.62. The second-order valence-corrected chi connectivity index (χ2v) is 20.2. The van der Waals surface area contributed by atoms with Crippen LogP contribution < -0.4 is 5.32 Å². The van der Waals surface area contributed by atoms with Gasteiger partial charge in [0.25, 0.3) is 0 Å². The SMILES string of the molecule is CCCCCCCCCC/C=C/CC/C=C/C(O)C(COC1OC(CO)C(O)C(O)C1O)NC(=O)C(O)CCCCCCCCCCCCCCCCCCCCCCCCCCCCCC. The first kappa shape index (κ1) is 63.6. The first-order valence-electron chi connectivity index (χ1n) is 28.7. The molecule has 1 heterocycles. The average molecular weight is 952 g/mol. The van der Waals surface area contributed by atoms with Gasteiger partial charge in [-0.25, -0.2) is 0 Å². The van der Waals surface area contributed by atoms with Crippen LogP contribution in [0.2, 0.25) is 0 Å². The quantitative estimate of drug-likeness (QED) is 0.0232. The number of allylic oxidation sites excluding steroid dienone is 3. The van der Waals surface area contributed by atoms with Gasteiger partial charge in [-0.15, -0.1) is 0 Å². The second kappa shape index (κ2) is 47.0. The predicted molar refractivity (Wildman–Crippen MR) is 278 cm³/mol. The fraction of sp³-hybridized carbons (Fsp3) is 0.912. The van der Waals surface area contributed by atoms with Crippen molar-refractivity contribution in [2.24, 2.45) is 0 Å². The summed E-state index contributed by atoms with van der Waals surface area (Å²) in [7, 11) is 0. The summed E-state index contributed by atoms with van der Waals surface area (Å²) < 4.78 is 11.2. The maximum atomic E-state index is 13.1. The molecule has 396 valence electrons. The van der Waals surface area contributed by atoms with E-state index in [-0.39, 0.29) is 6.61 Å². The van der Waals surface area contributed by atoms with Gasteiger partial charge in [0.2, 0.25) is 5.91 Å². The van der Waals surface area contributed by atoms with Gasteiger partial charge >= 0.3 is 0 Å². The summed E-state index contributed by atoms with van der Waals surface area (Å²) in [6.07, 6.45) is 48.7. The van der Waals surface area contributed by atoms with Crippen LogP contribution in [0, 0.1) is 0 Å². The smallest absolute Gasteiger partial charge is 0.249 e. The minimum absolute atomic E-state index is 0.308. The molecule has 1 fully saturated rings. The normalized spacial score (nSPS) is 20.3. The van der Waals surface area contributed by atoms with E-state index >= 15 is 0 Å². The molecule has 0 aromatic heterocycles. The zero-order valence-corrected chi connectivity index (χ0v) is 43.5. The van der Waals surface area contributed by atoms with Crippen LogP contribution in [0.15, 0.2) is 24.3 Å². The molecule has 10 heteroatoms. The maximum Gasteiger partial charge on any atom is 0.249 e. The zero-order chi connectivity index (χ0) is 48.8. The first-order valence-corrected chi connectivity index (χ1v) is 28.7. The Hall–Kier alpha value is -1.37. The Bertz CT molecular complexity index is 1120. The summed E-state index contributed by atoms with van der Waals surface area (Å²) in [5.41, 5.74) is 0. The van der Waals surface area contributed by atoms with Gasteiger partial charge < -0.3 is 45.4 Å². The molecule has 0 saturated carbocycles. The zero-order valence-electron chi connectivity index (χ0n) is 43.5. The molecular weight excluding hydrogens is 843 g/mol. The third-order valence-corrected chi connectivity index (χ3v) is 13.9. The molecule has 1 amide bonds. The molecule has 1 rings (SSSR count). The third kappa shape index (κ3) is 36.2. The lowest BCUT2D eigenvalue weighted by Crippen LogP contribution is -2.60. The van der Waals surface area contributed by atoms with Crippen LogP contribution in [0.25, 0.3) is 0 Å². The van der Waals surface area contributed by atoms with E-state index in [4.69, 9.17) is 9.47 Å². The number of aliphatic hydroxyl groups is 6. The van der Waals surface area contributed by atoms with Gasteiger partial charge in [-0.1, -0.05) is 263 Å². The Balaban J connectivity index is 2.21. The van der Waals surface area contributed by atoms with Crippen LogP contribution in [-0.4, -0.2) is 98.7 Å². The maximum absolute atomic E-state index is 13.1. The van der Waals surface area contributed by atoms with Crippen molar-refractivity contribution in [1.82, 2.24) is 5.32 Å². The van der Waals surface area contributed by atoms with E-state index in [2.05, 4.69) is 31.3 Å². The molecule has 0 spiro atoms. The highest BCUT2D eigenvalue weighted by Crippen LogP contribution is 2.23. The monoisotopic (exact) mass is 952 g/mol. The molecule has 0 aromatic carbocycles. The van der Waals surface area contributed by atoms with Gasteiger partial charge in [-0.05, 0) is 32.1 Å². The van der Waals surface area contributed by atoms with E-state index in [0.717, 1.165) is 38.5 Å². The molecule has 1 saturated heterocycles. The number of unbranched alkanes of at least 4 members (excludes halogenated alkanes) is 36. The van der Waals surface area contributed by atoms with Crippen LogP contribution in [0.5, 0.6) is 0 Å². The fourth-order valence-electron chi connectivity index (χ4n) is 9.24. The second-order valence-electron chi connectivity index (χ2n) is 20.2. The number of carbonyl (C=O) groups is 1. The van der Waals surface area contributed by atoms with Crippen molar-refractivity contribution >= 4 is 5.91 Å². The summed E-state index contributed by atoms with van der Waals surface area (Å²) in [5.74, 6) is -0.622. The Labute approximate surface area is 411 Å². The number of aliphatic hydroxyl groups excluding tert-OH is 6. The predicted octanol–water partition coefficient (Wildman–Crippen LogP) is 12.8. The van der Waals surface area contributed by atoms with Gasteiger partial charge in [-0.2, -0.15) is 0 Å². The van der Waals surface area contributed by atoms with Crippen LogP contribution in [0.4, 0.5) is 0 Å². The molecule has 10 nitrogen and oxygen atoms in total. The number of carbonyl (C=O) groups excluding carboxylic acids is 1. The highest BCUT2D eigenvalue weighted by Gasteiger charge is 2.44. The average Bonchev–Trinajstić information content (AvgIpc) is 3.33. The van der Waals surface area contributed by atoms with Crippen molar-refractivity contribution in [2.45, 2.75) is 320 Å². The van der Waals surface area contributed by atoms with Gasteiger partial charge in [0.05, 0.1) is 25.4 Å². The van der Waals surface area contributed by atoms with Crippen LogP contribution >= 0.6 is 0 Å². The molecule has 0 aliphatic carbocycles. The van der Waals surface area contributed by atoms with E-state index in [1.807, 2.05) is 6.08 Å². The molecule has 0 radical (unpaired) electrons. The Kier molecular flexibility index (Phi) is 44.6. The van der Waals surface area contributed by atoms with Crippen LogP contribution in [0.3, 0.4) is 0 Å². The lowest BCUT2D eigenvalue weighted by atomic mass is 9.99. The standard InChI is InChI=1S/C57H109NO9/c1-3-5-7-9-11-13-15-17-19-20-21-22-23-24-25-26-27-28-29-30-31-32-34-36-38-40-42-44-46-51(61)56(65)58-49(48-66-57-55(64)54(63)53(62)52(47-59)67-57)50(60)45-43-41-39-37-35-33-18-16-14-12-10-8-6-4-2/h35,37,43,45,49-55,57,59-64H,3-34,36,38-42,44,46-48H2,1-2H3,(H,58,65)/b37-35+,45-43+. The van der Waals surface area contributed by atoms with Gasteiger partial charge in [0, 0.05) is 0 Å². The van der Waals surface area contributed by atoms with Gasteiger partial charge in [0.1, 0.15) is 30.5 Å². The number of rotatable bonds is 49. The topological polar surface area (TPSA) is 169 Å². The van der Waals surface area contributed by atoms with Crippen molar-refractivity contribution in [3.8, 4) is 0 Å². The molecule has 8 atom stereocenters. The number of nitrogens with one attached hydrogen (secondary N) is 1. The Morgan fingerprint density at radius 2 is 0.881 bits per heavy atom. The lowest BCUT2D eigenvalue weighted by molar-refractivity contribution is -0.302. The molecule has 0 aromatic rings. The summed E-state index contributed by atoms with van der Waals surface area (Å²) in [6, 6.07) is -0.994. The number of hydrogen-bond acceptors (Lipinski definition) is 9. The van der Waals surface area contributed by atoms with E-state index in [1.165, 1.54) is 205 Å². The number of amides is 1. The van der Waals surface area contributed by atoms with Crippen LogP contribution in [-0.2, 0) is 14.3 Å². The largest absolute Gasteiger partial charge is 0.394 e. The Morgan fingerprint density at radius 3 is 1.30 bits per heavy atom. The summed E-state index contributed by atoms with van der Waals surface area (Å²) in [4.78, 5) is 13.1. The highest BCUT2D eigenvalue weighted by atomic mass is 16.7. The molecule has 7 N–H and O–H groups in total. The molecular formula is C57H109NO9. The summed E-state index contributed by atoms with van der Waals surface area (Å²) >= 11 is 0. The van der Waals surface area contributed by atoms with E-state index in [9.17, 15) is 35.4 Å². The minimum atomic E-state index is -1.61. The molecule has 67 heavy (non-hydrogen) atoms. The molecule has 8 unspecified atom stereocenters. The summed E-state index contributed by atoms with van der Waals surface area (Å²) in [5, 5.41) is 64.9. The van der Waals surface area contributed by atoms with Gasteiger partial charge in [0.15, 0.2) is 6.29 Å². The van der Waals surface area contributed by atoms with Gasteiger partial charge in [-0.3, -0.25) is 4.79 Å².